The summed E-state index contributed by atoms with van der Waals surface area (Å²) in [6.07, 6.45) is 0.518. The third-order valence-corrected chi connectivity index (χ3v) is 5.40. The van der Waals surface area contributed by atoms with Crippen LogP contribution in [0.5, 0.6) is 0 Å². The largest absolute Gasteiger partial charge is 0.220 e. The van der Waals surface area contributed by atoms with Gasteiger partial charge in [0.1, 0.15) is 8.42 Å². The Hall–Kier alpha value is -2.93. The molecule has 0 bridgehead atoms. The fourth-order valence-corrected chi connectivity index (χ4v) is 3.96. The Kier molecular flexibility index (Phi) is 4.21. The zero-order valence-corrected chi connectivity index (χ0v) is 16.5. The Labute approximate surface area is 163 Å². The van der Waals surface area contributed by atoms with E-state index in [1.807, 2.05) is 23.7 Å². The van der Waals surface area contributed by atoms with Gasteiger partial charge in [0, 0.05) is 6.07 Å². The molecule has 1 heterocycles. The molecule has 0 aliphatic heterocycles. The lowest BCUT2D eigenvalue weighted by Gasteiger charge is -2.17. The summed E-state index contributed by atoms with van der Waals surface area (Å²) in [6.45, 7) is 6.71. The van der Waals surface area contributed by atoms with Crippen molar-refractivity contribution in [2.75, 3.05) is 0 Å². The molecule has 0 saturated carbocycles. The quantitative estimate of drug-likeness (QED) is 0.374. The summed E-state index contributed by atoms with van der Waals surface area (Å²) < 4.78 is 10.5. The molecule has 0 spiro atoms. The fraction of sp³-hybridized carbons (Fsp3) is 0.192. The maximum absolute atomic E-state index is 8.48. The minimum Gasteiger partial charge on any atom is -0.200 e. The molecule has 0 aliphatic rings. The zero-order chi connectivity index (χ0) is 19.8. The highest BCUT2D eigenvalue weighted by atomic mass is 14.9. The lowest BCUT2D eigenvalue weighted by atomic mass is 9.87. The molecule has 1 aromatic heterocycles. The van der Waals surface area contributed by atoms with Gasteiger partial charge in [-0.15, -0.1) is 0 Å². The van der Waals surface area contributed by atoms with Gasteiger partial charge >= 0.3 is 0 Å². The molecule has 1 heteroatoms. The highest BCUT2D eigenvalue weighted by Crippen LogP contribution is 2.36. The molecule has 27 heavy (non-hydrogen) atoms. The van der Waals surface area contributed by atoms with Gasteiger partial charge in [0.05, 0.1) is 10.9 Å². The Morgan fingerprint density at radius 3 is 2.30 bits per heavy atom. The van der Waals surface area contributed by atoms with Crippen LogP contribution in [0, 0.1) is 6.92 Å². The van der Waals surface area contributed by atoms with Crippen LogP contribution in [0.4, 0.5) is 0 Å². The first-order chi connectivity index (χ1) is 13.5. The molecule has 134 valence electrons. The highest BCUT2D eigenvalue weighted by molar-refractivity contribution is 5.94. The summed E-state index contributed by atoms with van der Waals surface area (Å²) in [6, 6.07) is 25.5. The molecular weight excluding hydrogens is 326 g/mol. The van der Waals surface area contributed by atoms with Crippen LogP contribution in [-0.4, -0.2) is 0 Å². The predicted molar refractivity (Wildman–Crippen MR) is 115 cm³/mol. The normalized spacial score (nSPS) is 11.8. The highest BCUT2D eigenvalue weighted by Gasteiger charge is 2.20. The van der Waals surface area contributed by atoms with Crippen molar-refractivity contribution in [3.05, 3.63) is 90.1 Å². The van der Waals surface area contributed by atoms with Gasteiger partial charge in [-0.2, -0.15) is 0 Å². The van der Waals surface area contributed by atoms with Crippen LogP contribution in [-0.2, 0) is 7.05 Å². The number of hydrogen-bond acceptors (Lipinski definition) is 0. The molecule has 1 nitrogen and oxygen atoms in total. The molecule has 0 fully saturated rings. The average molecular weight is 354 g/mol. The van der Waals surface area contributed by atoms with Gasteiger partial charge in [0.15, 0.2) is 6.17 Å². The monoisotopic (exact) mass is 353 g/mol. The van der Waals surface area contributed by atoms with Crippen LogP contribution in [0.15, 0.2) is 79.0 Å². The maximum Gasteiger partial charge on any atom is 0.220 e. The number of nitrogens with zero attached hydrogens (tertiary/aromatic N) is 1. The summed E-state index contributed by atoms with van der Waals surface area (Å²) in [5, 5.41) is 2.29. The fourth-order valence-electron chi connectivity index (χ4n) is 3.96. The number of pyridine rings is 1. The van der Waals surface area contributed by atoms with Crippen LogP contribution >= 0.6 is 0 Å². The topological polar surface area (TPSA) is 3.88 Å². The lowest BCUT2D eigenvalue weighted by Crippen LogP contribution is -2.30. The molecule has 0 aliphatic carbocycles. The Morgan fingerprint density at radius 2 is 1.56 bits per heavy atom. The van der Waals surface area contributed by atoms with E-state index < -0.39 is 0 Å². The first-order valence-electron chi connectivity index (χ1n) is 10.1. The van der Waals surface area contributed by atoms with E-state index in [4.69, 9.17) is 1.37 Å². The zero-order valence-electron chi connectivity index (χ0n) is 17.5. The van der Waals surface area contributed by atoms with Crippen LogP contribution in [0.25, 0.3) is 33.2 Å². The van der Waals surface area contributed by atoms with Crippen molar-refractivity contribution in [1.29, 1.82) is 0 Å². The van der Waals surface area contributed by atoms with E-state index >= 15 is 0 Å². The van der Waals surface area contributed by atoms with E-state index in [-0.39, 0.29) is 0 Å². The van der Waals surface area contributed by atoms with E-state index in [1.54, 1.807) is 0 Å². The van der Waals surface area contributed by atoms with E-state index in [0.29, 0.717) is 12.1 Å². The number of rotatable bonds is 3. The van der Waals surface area contributed by atoms with Crippen molar-refractivity contribution in [2.24, 2.45) is 7.05 Å². The predicted octanol–water partition coefficient (Wildman–Crippen LogP) is 6.43. The van der Waals surface area contributed by atoms with E-state index in [9.17, 15) is 0 Å². The Morgan fingerprint density at radius 1 is 0.852 bits per heavy atom. The van der Waals surface area contributed by atoms with Gasteiger partial charge in [0.25, 0.3) is 0 Å². The number of hydrogen-bond donors (Lipinski definition) is 0. The molecule has 0 saturated heterocycles. The number of aromatic nitrogens is 1. The average Bonchev–Trinajstić information content (AvgIpc) is 2.70. The first kappa shape index (κ1) is 16.3. The third kappa shape index (κ3) is 3.14. The van der Waals surface area contributed by atoms with Gasteiger partial charge in [-0.05, 0) is 52.6 Å². The minimum atomic E-state index is 0.429. The number of fused-ring (bicyclic) bond motifs is 1. The minimum absolute atomic E-state index is 0.429. The van der Waals surface area contributed by atoms with E-state index in [1.165, 1.54) is 33.2 Å². The van der Waals surface area contributed by atoms with E-state index in [0.717, 1.165) is 11.1 Å². The van der Waals surface area contributed by atoms with E-state index in [2.05, 4.69) is 81.4 Å². The van der Waals surface area contributed by atoms with Crippen LogP contribution in [0.1, 0.15) is 32.3 Å². The molecule has 0 amide bonds. The summed E-state index contributed by atoms with van der Waals surface area (Å²) in [5.74, 6) is 0.429. The first-order valence-corrected chi connectivity index (χ1v) is 9.56. The molecule has 4 rings (SSSR count). The Balaban J connectivity index is 2.10. The second-order valence-electron chi connectivity index (χ2n) is 7.53. The number of benzene rings is 3. The summed E-state index contributed by atoms with van der Waals surface area (Å²) >= 11 is 0. The van der Waals surface area contributed by atoms with Crippen molar-refractivity contribution in [2.45, 2.75) is 26.7 Å². The maximum atomic E-state index is 8.48. The molecule has 0 atom stereocenters. The summed E-state index contributed by atoms with van der Waals surface area (Å²) in [7, 11) is 1.99. The second-order valence-corrected chi connectivity index (χ2v) is 7.53. The lowest BCUT2D eigenvalue weighted by molar-refractivity contribution is -0.659. The van der Waals surface area contributed by atoms with Crippen LogP contribution < -0.4 is 4.57 Å². The van der Waals surface area contributed by atoms with Crippen molar-refractivity contribution in [3.8, 4) is 22.4 Å². The third-order valence-electron chi connectivity index (χ3n) is 5.40. The van der Waals surface area contributed by atoms with Crippen molar-refractivity contribution in [1.82, 2.24) is 0 Å². The SMILES string of the molecule is [2H]c1cc2ccccc2c(-c2cc(-c3ccccc3)cc(C(C)C)c2C)[n+]1C. The smallest absolute Gasteiger partial charge is 0.200 e. The van der Waals surface area contributed by atoms with Gasteiger partial charge in [0.2, 0.25) is 5.69 Å². The van der Waals surface area contributed by atoms with Crippen molar-refractivity contribution < 1.29 is 5.94 Å². The van der Waals surface area contributed by atoms with Gasteiger partial charge in [-0.3, -0.25) is 0 Å². The standard InChI is InChI=1S/C26H26N/c1-18(2)24-16-22(20-10-6-5-7-11-20)17-25(19(24)3)26-23-13-9-8-12-21(23)14-15-27(26)4/h5-18H,1-4H3/q+1/i15D. The second kappa shape index (κ2) is 7.00. The van der Waals surface area contributed by atoms with Crippen molar-refractivity contribution in [3.63, 3.8) is 0 Å². The van der Waals surface area contributed by atoms with Gasteiger partial charge < -0.3 is 0 Å². The molecule has 4 aromatic rings. The van der Waals surface area contributed by atoms with Gasteiger partial charge in [-0.25, -0.2) is 4.57 Å². The molecular formula is C26H26N+. The molecule has 3 aromatic carbocycles. The molecule has 0 unspecified atom stereocenters. The molecule has 0 N–H and O–H groups in total. The Bertz CT molecular complexity index is 1160. The van der Waals surface area contributed by atoms with Crippen molar-refractivity contribution >= 4 is 10.8 Å². The van der Waals surface area contributed by atoms with Crippen LogP contribution in [0.2, 0.25) is 0 Å². The molecule has 0 radical (unpaired) electrons. The summed E-state index contributed by atoms with van der Waals surface area (Å²) in [5.41, 5.74) is 7.42. The van der Waals surface area contributed by atoms with Gasteiger partial charge in [-0.1, -0.05) is 68.4 Å². The van der Waals surface area contributed by atoms with Crippen LogP contribution in [0.3, 0.4) is 0 Å². The summed E-state index contributed by atoms with van der Waals surface area (Å²) in [4.78, 5) is 0.